The van der Waals surface area contributed by atoms with Crippen LogP contribution < -0.4 is 10.6 Å². The minimum Gasteiger partial charge on any atom is -0.356 e. The molecule has 0 amide bonds. The summed E-state index contributed by atoms with van der Waals surface area (Å²) >= 11 is 1.83. The lowest BCUT2D eigenvalue weighted by Gasteiger charge is -2.15. The highest BCUT2D eigenvalue weighted by Crippen LogP contribution is 2.17. The predicted molar refractivity (Wildman–Crippen MR) is 109 cm³/mol. The Morgan fingerprint density at radius 2 is 2.09 bits per heavy atom. The van der Waals surface area contributed by atoms with Gasteiger partial charge in [0.25, 0.3) is 0 Å². The summed E-state index contributed by atoms with van der Waals surface area (Å²) in [6.45, 7) is 0.818. The molecule has 23 heavy (non-hydrogen) atoms. The van der Waals surface area contributed by atoms with Gasteiger partial charge in [-0.1, -0.05) is 18.2 Å². The van der Waals surface area contributed by atoms with Crippen LogP contribution in [0.2, 0.25) is 0 Å². The van der Waals surface area contributed by atoms with Gasteiger partial charge in [-0.25, -0.2) is 8.42 Å². The summed E-state index contributed by atoms with van der Waals surface area (Å²) < 4.78 is 22.9. The highest BCUT2D eigenvalue weighted by atomic mass is 127. The zero-order valence-corrected chi connectivity index (χ0v) is 17.2. The SMILES string of the molecule is CN=C(NCCCSc1ccccc1)NC1CCS(=O)(=O)C1.I. The smallest absolute Gasteiger partial charge is 0.191 e. The number of nitrogens with one attached hydrogen (secondary N) is 2. The number of nitrogens with zero attached hydrogens (tertiary/aromatic N) is 1. The van der Waals surface area contributed by atoms with Crippen LogP contribution in [0, 0.1) is 0 Å². The third kappa shape index (κ3) is 7.75. The van der Waals surface area contributed by atoms with Crippen molar-refractivity contribution in [2.24, 2.45) is 4.99 Å². The Labute approximate surface area is 160 Å². The number of guanidine groups is 1. The minimum atomic E-state index is -2.86. The second-order valence-electron chi connectivity index (χ2n) is 5.26. The maximum absolute atomic E-state index is 11.4. The van der Waals surface area contributed by atoms with Gasteiger partial charge in [0.05, 0.1) is 11.5 Å². The van der Waals surface area contributed by atoms with Gasteiger partial charge in [0, 0.05) is 24.5 Å². The van der Waals surface area contributed by atoms with Crippen LogP contribution in [-0.4, -0.2) is 51.3 Å². The van der Waals surface area contributed by atoms with E-state index < -0.39 is 9.84 Å². The number of hydrogen-bond donors (Lipinski definition) is 2. The molecule has 1 saturated heterocycles. The molecule has 1 aliphatic rings. The number of benzene rings is 1. The van der Waals surface area contributed by atoms with Gasteiger partial charge < -0.3 is 10.6 Å². The van der Waals surface area contributed by atoms with Gasteiger partial charge in [0.1, 0.15) is 0 Å². The first-order chi connectivity index (χ1) is 10.6. The van der Waals surface area contributed by atoms with Crippen molar-refractivity contribution >= 4 is 51.5 Å². The molecule has 1 fully saturated rings. The Morgan fingerprint density at radius 3 is 2.70 bits per heavy atom. The van der Waals surface area contributed by atoms with Gasteiger partial charge in [-0.05, 0) is 30.7 Å². The summed E-state index contributed by atoms with van der Waals surface area (Å²) in [5, 5.41) is 6.42. The molecule has 130 valence electrons. The van der Waals surface area contributed by atoms with E-state index in [0.29, 0.717) is 12.4 Å². The maximum Gasteiger partial charge on any atom is 0.191 e. The standard InChI is InChI=1S/C15H23N3O2S2.HI/c1-16-15(18-13-8-11-22(19,20)12-13)17-9-5-10-21-14-6-3-2-4-7-14;/h2-4,6-7,13H,5,8-12H2,1H3,(H2,16,17,18);1H. The topological polar surface area (TPSA) is 70.6 Å². The van der Waals surface area contributed by atoms with Crippen molar-refractivity contribution in [3.05, 3.63) is 30.3 Å². The van der Waals surface area contributed by atoms with Gasteiger partial charge in [-0.15, -0.1) is 35.7 Å². The third-order valence-corrected chi connectivity index (χ3v) is 6.29. The Bertz CT molecular complexity index is 594. The fourth-order valence-electron chi connectivity index (χ4n) is 2.28. The number of sulfone groups is 1. The molecule has 1 heterocycles. The molecule has 0 aliphatic carbocycles. The largest absolute Gasteiger partial charge is 0.356 e. The Kier molecular flexibility index (Phi) is 9.30. The van der Waals surface area contributed by atoms with Crippen molar-refractivity contribution in [2.75, 3.05) is 30.9 Å². The average Bonchev–Trinajstić information content (AvgIpc) is 2.85. The van der Waals surface area contributed by atoms with Crippen LogP contribution in [0.5, 0.6) is 0 Å². The zero-order chi connectivity index (χ0) is 15.8. The van der Waals surface area contributed by atoms with Crippen molar-refractivity contribution in [3.63, 3.8) is 0 Å². The average molecular weight is 469 g/mol. The summed E-state index contributed by atoms with van der Waals surface area (Å²) in [5.41, 5.74) is 0. The fourth-order valence-corrected chi connectivity index (χ4v) is 4.83. The molecule has 0 bridgehead atoms. The van der Waals surface area contributed by atoms with Gasteiger partial charge >= 0.3 is 0 Å². The number of rotatable bonds is 6. The second-order valence-corrected chi connectivity index (χ2v) is 8.66. The van der Waals surface area contributed by atoms with Crippen molar-refractivity contribution < 1.29 is 8.42 Å². The summed E-state index contributed by atoms with van der Waals surface area (Å²) in [6, 6.07) is 10.3. The van der Waals surface area contributed by atoms with E-state index in [-0.39, 0.29) is 41.5 Å². The Balaban J connectivity index is 0.00000264. The molecule has 0 aromatic heterocycles. The van der Waals surface area contributed by atoms with E-state index in [1.165, 1.54) is 4.90 Å². The van der Waals surface area contributed by atoms with Crippen LogP contribution in [0.4, 0.5) is 0 Å². The van der Waals surface area contributed by atoms with Crippen molar-refractivity contribution in [2.45, 2.75) is 23.8 Å². The molecule has 1 aliphatic heterocycles. The van der Waals surface area contributed by atoms with E-state index in [4.69, 9.17) is 0 Å². The molecule has 0 saturated carbocycles. The van der Waals surface area contributed by atoms with E-state index in [0.717, 1.165) is 18.7 Å². The summed E-state index contributed by atoms with van der Waals surface area (Å²) in [7, 11) is -1.15. The van der Waals surface area contributed by atoms with Crippen molar-refractivity contribution in [1.29, 1.82) is 0 Å². The van der Waals surface area contributed by atoms with E-state index in [9.17, 15) is 8.42 Å². The summed E-state index contributed by atoms with van der Waals surface area (Å²) in [5.74, 6) is 2.20. The first-order valence-electron chi connectivity index (χ1n) is 7.44. The molecule has 1 aromatic carbocycles. The molecular formula is C15H24IN3O2S2. The van der Waals surface area contributed by atoms with Gasteiger partial charge in [-0.2, -0.15) is 0 Å². The number of thioether (sulfide) groups is 1. The highest BCUT2D eigenvalue weighted by molar-refractivity contribution is 14.0. The first-order valence-corrected chi connectivity index (χ1v) is 10.3. The molecule has 2 N–H and O–H groups in total. The molecule has 1 unspecified atom stereocenters. The van der Waals surface area contributed by atoms with Gasteiger partial charge in [-0.3, -0.25) is 4.99 Å². The van der Waals surface area contributed by atoms with Crippen LogP contribution in [0.15, 0.2) is 40.2 Å². The van der Waals surface area contributed by atoms with Gasteiger partial charge in [0.2, 0.25) is 0 Å². The zero-order valence-electron chi connectivity index (χ0n) is 13.2. The lowest BCUT2D eigenvalue weighted by atomic mass is 10.3. The lowest BCUT2D eigenvalue weighted by molar-refractivity contribution is 0.599. The van der Waals surface area contributed by atoms with E-state index >= 15 is 0 Å². The molecule has 0 spiro atoms. The molecule has 1 aromatic rings. The van der Waals surface area contributed by atoms with Crippen LogP contribution in [0.1, 0.15) is 12.8 Å². The van der Waals surface area contributed by atoms with Crippen LogP contribution in [-0.2, 0) is 9.84 Å². The van der Waals surface area contributed by atoms with E-state index in [1.54, 1.807) is 7.05 Å². The van der Waals surface area contributed by atoms with Crippen LogP contribution in [0.3, 0.4) is 0 Å². The molecule has 1 atom stereocenters. The Morgan fingerprint density at radius 1 is 1.35 bits per heavy atom. The molecular weight excluding hydrogens is 445 g/mol. The molecule has 8 heteroatoms. The summed E-state index contributed by atoms with van der Waals surface area (Å²) in [6.07, 6.45) is 1.68. The molecule has 2 rings (SSSR count). The fraction of sp³-hybridized carbons (Fsp3) is 0.533. The van der Waals surface area contributed by atoms with Crippen LogP contribution >= 0.6 is 35.7 Å². The summed E-state index contributed by atoms with van der Waals surface area (Å²) in [4.78, 5) is 5.43. The Hall–Kier alpha value is -0.480. The van der Waals surface area contributed by atoms with Crippen molar-refractivity contribution in [3.8, 4) is 0 Å². The normalized spacial score (nSPS) is 19.9. The monoisotopic (exact) mass is 469 g/mol. The second kappa shape index (κ2) is 10.4. The van der Waals surface area contributed by atoms with Crippen LogP contribution in [0.25, 0.3) is 0 Å². The maximum atomic E-state index is 11.4. The first kappa shape index (κ1) is 20.6. The van der Waals surface area contributed by atoms with Gasteiger partial charge in [0.15, 0.2) is 15.8 Å². The minimum absolute atomic E-state index is 0. The quantitative estimate of drug-likeness (QED) is 0.220. The molecule has 5 nitrogen and oxygen atoms in total. The predicted octanol–water partition coefficient (Wildman–Crippen LogP) is 2.14. The number of halogens is 1. The lowest BCUT2D eigenvalue weighted by Crippen LogP contribution is -2.44. The number of aliphatic imine (C=N–C) groups is 1. The van der Waals surface area contributed by atoms with Crippen molar-refractivity contribution in [1.82, 2.24) is 10.6 Å². The number of hydrogen-bond acceptors (Lipinski definition) is 4. The molecule has 0 radical (unpaired) electrons. The van der Waals surface area contributed by atoms with E-state index in [1.807, 2.05) is 30.0 Å². The third-order valence-electron chi connectivity index (χ3n) is 3.42. The highest BCUT2D eigenvalue weighted by Gasteiger charge is 2.28. The van der Waals surface area contributed by atoms with E-state index in [2.05, 4.69) is 27.8 Å².